The molecule has 0 saturated heterocycles. The van der Waals surface area contributed by atoms with Crippen molar-refractivity contribution in [2.45, 2.75) is 0 Å². The number of carbonyl (C=O) groups is 2. The summed E-state index contributed by atoms with van der Waals surface area (Å²) < 4.78 is 10.5. The smallest absolute Gasteiger partial charge is 0.258 e. The van der Waals surface area contributed by atoms with Crippen LogP contribution in [-0.4, -0.2) is 38.6 Å². The van der Waals surface area contributed by atoms with Crippen LogP contribution < -0.4 is 20.1 Å². The fourth-order valence-corrected chi connectivity index (χ4v) is 2.56. The average Bonchev–Trinajstić information content (AvgIpc) is 2.64. The van der Waals surface area contributed by atoms with E-state index in [1.165, 1.54) is 13.2 Å². The van der Waals surface area contributed by atoms with Gasteiger partial charge in [0, 0.05) is 18.1 Å². The fourth-order valence-electron chi connectivity index (χ4n) is 2.09. The summed E-state index contributed by atoms with van der Waals surface area (Å²) in [6.45, 7) is 0.337. The van der Waals surface area contributed by atoms with Crippen molar-refractivity contribution in [3.8, 4) is 11.5 Å². The van der Waals surface area contributed by atoms with Gasteiger partial charge in [0.2, 0.25) is 0 Å². The first-order valence-electron chi connectivity index (χ1n) is 7.77. The predicted molar refractivity (Wildman–Crippen MR) is 100 cm³/mol. The van der Waals surface area contributed by atoms with Crippen molar-refractivity contribution in [1.82, 2.24) is 10.6 Å². The maximum absolute atomic E-state index is 12.1. The molecule has 0 heterocycles. The summed E-state index contributed by atoms with van der Waals surface area (Å²) in [6, 6.07) is 11.6. The molecule has 26 heavy (non-hydrogen) atoms. The topological polar surface area (TPSA) is 76.7 Å². The Balaban J connectivity index is 1.70. The third-order valence-electron chi connectivity index (χ3n) is 3.34. The quantitative estimate of drug-likeness (QED) is 0.672. The lowest BCUT2D eigenvalue weighted by atomic mass is 10.2. The second-order valence-corrected chi connectivity index (χ2v) is 6.01. The molecule has 0 unspecified atom stereocenters. The Morgan fingerprint density at radius 3 is 2.46 bits per heavy atom. The third-order valence-corrected chi connectivity index (χ3v) is 3.87. The minimum atomic E-state index is -0.331. The molecule has 0 aromatic heterocycles. The molecule has 0 fully saturated rings. The van der Waals surface area contributed by atoms with E-state index in [-0.39, 0.29) is 31.5 Å². The van der Waals surface area contributed by atoms with Crippen LogP contribution in [0.3, 0.4) is 0 Å². The Morgan fingerprint density at radius 2 is 1.73 bits per heavy atom. The normalized spacial score (nSPS) is 10.1. The van der Waals surface area contributed by atoms with Gasteiger partial charge in [0.15, 0.2) is 6.61 Å². The van der Waals surface area contributed by atoms with Crippen LogP contribution >= 0.6 is 23.2 Å². The van der Waals surface area contributed by atoms with Gasteiger partial charge in [-0.25, -0.2) is 0 Å². The van der Waals surface area contributed by atoms with Crippen molar-refractivity contribution in [3.05, 3.63) is 58.1 Å². The zero-order valence-corrected chi connectivity index (χ0v) is 15.6. The Kier molecular flexibility index (Phi) is 7.56. The third kappa shape index (κ3) is 5.82. The highest BCUT2D eigenvalue weighted by molar-refractivity contribution is 6.35. The Bertz CT molecular complexity index is 784. The Morgan fingerprint density at radius 1 is 1.00 bits per heavy atom. The van der Waals surface area contributed by atoms with Gasteiger partial charge >= 0.3 is 0 Å². The van der Waals surface area contributed by atoms with Gasteiger partial charge in [-0.15, -0.1) is 0 Å². The molecule has 0 atom stereocenters. The predicted octanol–water partition coefficient (Wildman–Crippen LogP) is 2.93. The van der Waals surface area contributed by atoms with E-state index in [1.807, 2.05) is 0 Å². The fraction of sp³-hybridized carbons (Fsp3) is 0.222. The highest BCUT2D eigenvalue weighted by atomic mass is 35.5. The number of halogens is 2. The molecular weight excluding hydrogens is 379 g/mol. The molecule has 0 aliphatic carbocycles. The Labute approximate surface area is 161 Å². The average molecular weight is 397 g/mol. The number of hydrogen-bond donors (Lipinski definition) is 2. The van der Waals surface area contributed by atoms with Crippen LogP contribution in [-0.2, 0) is 4.79 Å². The molecule has 0 bridgehead atoms. The van der Waals surface area contributed by atoms with E-state index >= 15 is 0 Å². The van der Waals surface area contributed by atoms with E-state index < -0.39 is 0 Å². The van der Waals surface area contributed by atoms with Gasteiger partial charge in [-0.05, 0) is 30.3 Å². The summed E-state index contributed by atoms with van der Waals surface area (Å²) in [6.07, 6.45) is 0. The number of hydrogen-bond acceptors (Lipinski definition) is 4. The zero-order chi connectivity index (χ0) is 18.9. The van der Waals surface area contributed by atoms with Crippen LogP contribution in [0.15, 0.2) is 42.5 Å². The second kappa shape index (κ2) is 9.89. The van der Waals surface area contributed by atoms with E-state index in [0.717, 1.165) is 0 Å². The lowest BCUT2D eigenvalue weighted by Gasteiger charge is -2.11. The van der Waals surface area contributed by atoms with Crippen LogP contribution in [0.2, 0.25) is 10.0 Å². The number of nitrogens with one attached hydrogen (secondary N) is 2. The molecule has 0 aliphatic heterocycles. The second-order valence-electron chi connectivity index (χ2n) is 5.17. The van der Waals surface area contributed by atoms with Gasteiger partial charge in [-0.1, -0.05) is 35.3 Å². The highest BCUT2D eigenvalue weighted by Crippen LogP contribution is 2.27. The number of para-hydroxylation sites is 1. The molecule has 2 N–H and O–H groups in total. The number of ether oxygens (including phenoxy) is 2. The van der Waals surface area contributed by atoms with E-state index in [9.17, 15) is 9.59 Å². The van der Waals surface area contributed by atoms with E-state index in [1.54, 1.807) is 36.4 Å². The zero-order valence-electron chi connectivity index (χ0n) is 14.1. The maximum Gasteiger partial charge on any atom is 0.258 e. The van der Waals surface area contributed by atoms with Gasteiger partial charge in [0.25, 0.3) is 11.8 Å². The van der Waals surface area contributed by atoms with Crippen LogP contribution in [0.4, 0.5) is 0 Å². The monoisotopic (exact) mass is 396 g/mol. The first-order chi connectivity index (χ1) is 12.5. The van der Waals surface area contributed by atoms with Crippen molar-refractivity contribution in [3.63, 3.8) is 0 Å². The van der Waals surface area contributed by atoms with Crippen LogP contribution in [0.5, 0.6) is 11.5 Å². The lowest BCUT2D eigenvalue weighted by Crippen LogP contribution is -2.36. The van der Waals surface area contributed by atoms with Crippen LogP contribution in [0, 0.1) is 0 Å². The van der Waals surface area contributed by atoms with E-state index in [2.05, 4.69) is 10.6 Å². The number of benzene rings is 2. The van der Waals surface area contributed by atoms with Crippen molar-refractivity contribution < 1.29 is 19.1 Å². The Hall–Kier alpha value is -2.44. The molecule has 2 amide bonds. The van der Waals surface area contributed by atoms with Crippen molar-refractivity contribution in [1.29, 1.82) is 0 Å². The summed E-state index contributed by atoms with van der Waals surface area (Å²) in [5, 5.41) is 6.16. The molecule has 2 aromatic carbocycles. The SMILES string of the molecule is COc1ccccc1C(=O)NCCNC(=O)COc1ccc(Cl)cc1Cl. The molecule has 2 rings (SSSR count). The van der Waals surface area contributed by atoms with Gasteiger partial charge in [0.1, 0.15) is 11.5 Å². The summed E-state index contributed by atoms with van der Waals surface area (Å²) in [5.74, 6) is 0.251. The van der Waals surface area contributed by atoms with Crippen LogP contribution in [0.25, 0.3) is 0 Å². The van der Waals surface area contributed by atoms with Crippen molar-refractivity contribution in [2.24, 2.45) is 0 Å². The largest absolute Gasteiger partial charge is 0.496 e. The number of methoxy groups -OCH3 is 1. The summed E-state index contributed by atoms with van der Waals surface area (Å²) in [4.78, 5) is 23.9. The molecule has 8 heteroatoms. The minimum Gasteiger partial charge on any atom is -0.496 e. The first-order valence-corrected chi connectivity index (χ1v) is 8.52. The molecule has 138 valence electrons. The summed E-state index contributed by atoms with van der Waals surface area (Å²) >= 11 is 11.8. The molecule has 6 nitrogen and oxygen atoms in total. The van der Waals surface area contributed by atoms with E-state index in [4.69, 9.17) is 32.7 Å². The maximum atomic E-state index is 12.1. The van der Waals surface area contributed by atoms with E-state index in [0.29, 0.717) is 27.1 Å². The molecular formula is C18H18Cl2N2O4. The summed E-state index contributed by atoms with van der Waals surface area (Å²) in [7, 11) is 1.50. The van der Waals surface area contributed by atoms with Crippen molar-refractivity contribution >= 4 is 35.0 Å². The highest BCUT2D eigenvalue weighted by Gasteiger charge is 2.11. The van der Waals surface area contributed by atoms with Crippen LogP contribution in [0.1, 0.15) is 10.4 Å². The molecule has 2 aromatic rings. The molecule has 0 spiro atoms. The summed E-state index contributed by atoms with van der Waals surface area (Å²) in [5.41, 5.74) is 0.432. The van der Waals surface area contributed by atoms with Gasteiger partial charge in [0.05, 0.1) is 17.7 Å². The van der Waals surface area contributed by atoms with Gasteiger partial charge < -0.3 is 20.1 Å². The minimum absolute atomic E-state index is 0.193. The number of amides is 2. The number of rotatable bonds is 8. The molecule has 0 radical (unpaired) electrons. The molecule has 0 saturated carbocycles. The van der Waals surface area contributed by atoms with Gasteiger partial charge in [-0.2, -0.15) is 0 Å². The molecule has 0 aliphatic rings. The van der Waals surface area contributed by atoms with Gasteiger partial charge in [-0.3, -0.25) is 9.59 Å². The van der Waals surface area contributed by atoms with Crippen molar-refractivity contribution in [2.75, 3.05) is 26.8 Å². The first kappa shape index (κ1) is 19.9. The lowest BCUT2D eigenvalue weighted by molar-refractivity contribution is -0.123. The number of carbonyl (C=O) groups excluding carboxylic acids is 2. The standard InChI is InChI=1S/C18H18Cl2N2O4/c1-25-15-5-3-2-4-13(15)18(24)22-9-8-21-17(23)11-26-16-7-6-12(19)10-14(16)20/h2-7,10H,8-9,11H2,1H3,(H,21,23)(H,22,24).